The van der Waals surface area contributed by atoms with Crippen LogP contribution in [0.5, 0.6) is 0 Å². The minimum atomic E-state index is -0.102. The third-order valence-electron chi connectivity index (χ3n) is 2.36. The highest BCUT2D eigenvalue weighted by Crippen LogP contribution is 2.09. The molecule has 0 radical (unpaired) electrons. The Bertz CT molecular complexity index is 319. The highest BCUT2D eigenvalue weighted by Gasteiger charge is 2.01. The molecule has 0 saturated heterocycles. The number of carbonyl (C=O) groups excluding carboxylic acids is 1. The largest absolute Gasteiger partial charge is 0.466 e. The minimum Gasteiger partial charge on any atom is -0.466 e. The van der Waals surface area contributed by atoms with Gasteiger partial charge in [-0.1, -0.05) is 24.3 Å². The van der Waals surface area contributed by atoms with E-state index in [1.54, 1.807) is 0 Å². The first-order valence-corrected chi connectivity index (χ1v) is 6.23. The van der Waals surface area contributed by atoms with Crippen molar-refractivity contribution < 1.29 is 9.53 Å². The third-order valence-corrected chi connectivity index (χ3v) is 2.72. The summed E-state index contributed by atoms with van der Waals surface area (Å²) in [4.78, 5) is 11.1. The van der Waals surface area contributed by atoms with Crippen molar-refractivity contribution in [3.63, 3.8) is 0 Å². The normalized spacial score (nSPS) is 10.1. The van der Waals surface area contributed by atoms with E-state index in [1.807, 2.05) is 6.92 Å². The average Bonchev–Trinajstić information content (AvgIpc) is 2.30. The Labute approximate surface area is 102 Å². The van der Waals surface area contributed by atoms with Gasteiger partial charge in [0.25, 0.3) is 0 Å². The number of aryl methyl sites for hydroxylation is 1. The van der Waals surface area contributed by atoms with E-state index in [4.69, 9.17) is 4.74 Å². The molecule has 0 aliphatic carbocycles. The topological polar surface area (TPSA) is 26.3 Å². The van der Waals surface area contributed by atoms with E-state index in [-0.39, 0.29) is 5.97 Å². The van der Waals surface area contributed by atoms with Gasteiger partial charge in [0.15, 0.2) is 0 Å². The molecule has 2 nitrogen and oxygen atoms in total. The van der Waals surface area contributed by atoms with Crippen LogP contribution in [0.1, 0.15) is 30.9 Å². The van der Waals surface area contributed by atoms with Gasteiger partial charge in [0.05, 0.1) is 6.61 Å². The molecule has 0 aromatic heterocycles. The molecular weight excluding hydrogens is 220 g/mol. The van der Waals surface area contributed by atoms with Crippen LogP contribution in [0.15, 0.2) is 24.3 Å². The Morgan fingerprint density at radius 1 is 1.25 bits per heavy atom. The zero-order chi connectivity index (χ0) is 11.8. The standard InChI is InChI=1S/C13H18O2S/c1-2-15-13(14)5-3-4-11-6-8-12(10-16)9-7-11/h6-9,16H,2-5,10H2,1H3. The fourth-order valence-corrected chi connectivity index (χ4v) is 1.69. The number of carbonyl (C=O) groups is 1. The Balaban J connectivity index is 2.29. The molecule has 0 bridgehead atoms. The van der Waals surface area contributed by atoms with Crippen molar-refractivity contribution in [2.45, 2.75) is 31.9 Å². The zero-order valence-electron chi connectivity index (χ0n) is 9.61. The molecule has 0 aliphatic heterocycles. The Kier molecular flexibility index (Phi) is 6.01. The van der Waals surface area contributed by atoms with Gasteiger partial charge in [0.1, 0.15) is 0 Å². The van der Waals surface area contributed by atoms with Gasteiger partial charge in [-0.05, 0) is 30.9 Å². The molecule has 3 heteroatoms. The van der Waals surface area contributed by atoms with E-state index in [1.165, 1.54) is 11.1 Å². The number of hydrogen-bond donors (Lipinski definition) is 1. The van der Waals surface area contributed by atoms with Crippen LogP contribution in [0.3, 0.4) is 0 Å². The summed E-state index contributed by atoms with van der Waals surface area (Å²) in [6, 6.07) is 8.34. The van der Waals surface area contributed by atoms with Crippen molar-refractivity contribution in [3.8, 4) is 0 Å². The van der Waals surface area contributed by atoms with Gasteiger partial charge in [-0.3, -0.25) is 4.79 Å². The summed E-state index contributed by atoms with van der Waals surface area (Å²) in [5.41, 5.74) is 2.48. The molecule has 0 spiro atoms. The SMILES string of the molecule is CCOC(=O)CCCc1ccc(CS)cc1. The quantitative estimate of drug-likeness (QED) is 0.609. The molecule has 0 heterocycles. The lowest BCUT2D eigenvalue weighted by atomic mass is 10.1. The maximum atomic E-state index is 11.1. The van der Waals surface area contributed by atoms with Gasteiger partial charge in [-0.15, -0.1) is 0 Å². The number of thiol groups is 1. The van der Waals surface area contributed by atoms with Gasteiger partial charge < -0.3 is 4.74 Å². The van der Waals surface area contributed by atoms with Crippen LogP contribution >= 0.6 is 12.6 Å². The Morgan fingerprint density at radius 2 is 1.88 bits per heavy atom. The number of esters is 1. The summed E-state index contributed by atoms with van der Waals surface area (Å²) in [7, 11) is 0. The zero-order valence-corrected chi connectivity index (χ0v) is 10.5. The lowest BCUT2D eigenvalue weighted by molar-refractivity contribution is -0.143. The predicted octanol–water partition coefficient (Wildman–Crippen LogP) is 3.00. The van der Waals surface area contributed by atoms with E-state index < -0.39 is 0 Å². The van der Waals surface area contributed by atoms with Crippen LogP contribution in [0.25, 0.3) is 0 Å². The van der Waals surface area contributed by atoms with Crippen molar-refractivity contribution in [2.24, 2.45) is 0 Å². The van der Waals surface area contributed by atoms with E-state index in [0.29, 0.717) is 13.0 Å². The molecule has 1 aromatic rings. The van der Waals surface area contributed by atoms with E-state index >= 15 is 0 Å². The lowest BCUT2D eigenvalue weighted by Gasteiger charge is -2.03. The first kappa shape index (κ1) is 13.1. The second kappa shape index (κ2) is 7.34. The van der Waals surface area contributed by atoms with Crippen LogP contribution in [0.2, 0.25) is 0 Å². The number of benzene rings is 1. The predicted molar refractivity (Wildman–Crippen MR) is 68.7 cm³/mol. The molecule has 1 rings (SSSR count). The highest BCUT2D eigenvalue weighted by molar-refractivity contribution is 7.79. The van der Waals surface area contributed by atoms with Crippen LogP contribution in [-0.4, -0.2) is 12.6 Å². The average molecular weight is 238 g/mol. The Hall–Kier alpha value is -0.960. The molecule has 0 unspecified atom stereocenters. The maximum absolute atomic E-state index is 11.1. The molecule has 0 N–H and O–H groups in total. The number of rotatable bonds is 6. The van der Waals surface area contributed by atoms with Crippen molar-refractivity contribution in [1.82, 2.24) is 0 Å². The molecule has 1 aromatic carbocycles. The molecule has 0 atom stereocenters. The monoisotopic (exact) mass is 238 g/mol. The van der Waals surface area contributed by atoms with E-state index in [2.05, 4.69) is 36.9 Å². The molecule has 88 valence electrons. The minimum absolute atomic E-state index is 0.102. The van der Waals surface area contributed by atoms with Gasteiger partial charge in [-0.25, -0.2) is 0 Å². The van der Waals surface area contributed by atoms with Crippen molar-refractivity contribution in [3.05, 3.63) is 35.4 Å². The molecule has 0 saturated carbocycles. The van der Waals surface area contributed by atoms with Crippen molar-refractivity contribution in [1.29, 1.82) is 0 Å². The van der Waals surface area contributed by atoms with Crippen LogP contribution in [0.4, 0.5) is 0 Å². The smallest absolute Gasteiger partial charge is 0.305 e. The summed E-state index contributed by atoms with van der Waals surface area (Å²) < 4.78 is 4.87. The lowest BCUT2D eigenvalue weighted by Crippen LogP contribution is -2.03. The van der Waals surface area contributed by atoms with Crippen molar-refractivity contribution in [2.75, 3.05) is 6.61 Å². The number of hydrogen-bond acceptors (Lipinski definition) is 3. The molecule has 0 amide bonds. The van der Waals surface area contributed by atoms with Crippen LogP contribution in [-0.2, 0) is 21.7 Å². The summed E-state index contributed by atoms with van der Waals surface area (Å²) in [5.74, 6) is 0.665. The molecule has 16 heavy (non-hydrogen) atoms. The van der Waals surface area contributed by atoms with Gasteiger partial charge in [0.2, 0.25) is 0 Å². The summed E-state index contributed by atoms with van der Waals surface area (Å²) in [6.45, 7) is 2.30. The van der Waals surface area contributed by atoms with E-state index in [0.717, 1.165) is 18.6 Å². The molecular formula is C13H18O2S. The summed E-state index contributed by atoms with van der Waals surface area (Å²) in [5, 5.41) is 0. The first-order valence-electron chi connectivity index (χ1n) is 5.60. The van der Waals surface area contributed by atoms with Gasteiger partial charge in [-0.2, -0.15) is 12.6 Å². The van der Waals surface area contributed by atoms with Crippen LogP contribution in [0, 0.1) is 0 Å². The fourth-order valence-electron chi connectivity index (χ4n) is 1.48. The maximum Gasteiger partial charge on any atom is 0.305 e. The van der Waals surface area contributed by atoms with E-state index in [9.17, 15) is 4.79 Å². The second-order valence-corrected chi connectivity index (χ2v) is 3.95. The van der Waals surface area contributed by atoms with Gasteiger partial charge >= 0.3 is 5.97 Å². The fraction of sp³-hybridized carbons (Fsp3) is 0.462. The first-order chi connectivity index (χ1) is 7.76. The number of ether oxygens (including phenoxy) is 1. The molecule has 0 aliphatic rings. The second-order valence-electron chi connectivity index (χ2n) is 3.63. The highest BCUT2D eigenvalue weighted by atomic mass is 32.1. The summed E-state index contributed by atoms with van der Waals surface area (Å²) in [6.07, 6.45) is 2.27. The third kappa shape index (κ3) is 4.71. The van der Waals surface area contributed by atoms with Crippen LogP contribution < -0.4 is 0 Å². The van der Waals surface area contributed by atoms with Gasteiger partial charge in [0, 0.05) is 12.2 Å². The van der Waals surface area contributed by atoms with Crippen molar-refractivity contribution >= 4 is 18.6 Å². The summed E-state index contributed by atoms with van der Waals surface area (Å²) >= 11 is 4.20. The molecule has 0 fully saturated rings. The Morgan fingerprint density at radius 3 is 2.44 bits per heavy atom.